The Morgan fingerprint density at radius 2 is 2.14 bits per heavy atom. The van der Waals surface area contributed by atoms with Gasteiger partial charge in [0.05, 0.1) is 7.11 Å². The van der Waals surface area contributed by atoms with Crippen molar-refractivity contribution < 1.29 is 14.3 Å². The highest BCUT2D eigenvalue weighted by atomic mass is 35.5. The van der Waals surface area contributed by atoms with Crippen LogP contribution in [0.25, 0.3) is 0 Å². The molecule has 0 bridgehead atoms. The predicted molar refractivity (Wildman–Crippen MR) is 81.8 cm³/mol. The van der Waals surface area contributed by atoms with Crippen LogP contribution in [0.2, 0.25) is 5.02 Å². The lowest BCUT2D eigenvalue weighted by molar-refractivity contribution is -0.123. The van der Waals surface area contributed by atoms with Crippen LogP contribution in [0.3, 0.4) is 0 Å². The summed E-state index contributed by atoms with van der Waals surface area (Å²) in [6.45, 7) is 0.206. The molecule has 0 unspecified atom stereocenters. The van der Waals surface area contributed by atoms with E-state index in [1.807, 2.05) is 0 Å². The monoisotopic (exact) mass is 312 g/mol. The summed E-state index contributed by atoms with van der Waals surface area (Å²) in [4.78, 5) is 11.9. The summed E-state index contributed by atoms with van der Waals surface area (Å²) in [5, 5.41) is 3.50. The number of benzene rings is 1. The van der Waals surface area contributed by atoms with E-state index < -0.39 is 0 Å². The Hall–Kier alpha value is -1.46. The molecule has 1 aliphatic carbocycles. The number of halogens is 1. The standard InChI is InChI=1S/C15H21ClN2O3/c1-20-13-7-11(16)6-10(8-17)15(13)21-9-14(19)18-12-4-2-3-5-12/h6-7,12H,2-5,8-9,17H2,1H3,(H,18,19). The zero-order valence-electron chi connectivity index (χ0n) is 12.2. The first-order chi connectivity index (χ1) is 10.1. The van der Waals surface area contributed by atoms with Crippen LogP contribution in [-0.4, -0.2) is 25.7 Å². The van der Waals surface area contributed by atoms with E-state index in [0.717, 1.165) is 12.8 Å². The van der Waals surface area contributed by atoms with E-state index in [2.05, 4.69) is 5.32 Å². The van der Waals surface area contributed by atoms with E-state index in [0.29, 0.717) is 22.1 Å². The summed E-state index contributed by atoms with van der Waals surface area (Å²) < 4.78 is 10.8. The van der Waals surface area contributed by atoms with Crippen molar-refractivity contribution in [3.63, 3.8) is 0 Å². The summed E-state index contributed by atoms with van der Waals surface area (Å²) in [7, 11) is 1.53. The van der Waals surface area contributed by atoms with Gasteiger partial charge in [-0.05, 0) is 18.9 Å². The number of hydrogen-bond acceptors (Lipinski definition) is 4. The fraction of sp³-hybridized carbons (Fsp3) is 0.533. The Morgan fingerprint density at radius 1 is 1.43 bits per heavy atom. The summed E-state index contributed by atoms with van der Waals surface area (Å²) in [5.74, 6) is 0.837. The van der Waals surface area contributed by atoms with Crippen molar-refractivity contribution >= 4 is 17.5 Å². The van der Waals surface area contributed by atoms with Crippen LogP contribution >= 0.6 is 11.6 Å². The number of hydrogen-bond donors (Lipinski definition) is 2. The minimum Gasteiger partial charge on any atom is -0.493 e. The van der Waals surface area contributed by atoms with E-state index in [1.165, 1.54) is 20.0 Å². The van der Waals surface area contributed by atoms with E-state index >= 15 is 0 Å². The summed E-state index contributed by atoms with van der Waals surface area (Å²) >= 11 is 5.99. The number of rotatable bonds is 6. The molecular weight excluding hydrogens is 292 g/mol. The Bertz CT molecular complexity index is 477. The minimum absolute atomic E-state index is 0.0541. The summed E-state index contributed by atoms with van der Waals surface area (Å²) in [6, 6.07) is 3.64. The molecule has 1 aliphatic rings. The molecule has 0 saturated heterocycles. The van der Waals surface area contributed by atoms with Crippen molar-refractivity contribution in [1.82, 2.24) is 5.32 Å². The molecule has 1 amide bonds. The van der Waals surface area contributed by atoms with E-state index in [4.69, 9.17) is 26.8 Å². The number of nitrogens with one attached hydrogen (secondary N) is 1. The van der Waals surface area contributed by atoms with Crippen molar-refractivity contribution in [3.8, 4) is 11.5 Å². The first-order valence-electron chi connectivity index (χ1n) is 7.12. The van der Waals surface area contributed by atoms with Crippen molar-refractivity contribution in [2.75, 3.05) is 13.7 Å². The van der Waals surface area contributed by atoms with Gasteiger partial charge in [0.2, 0.25) is 0 Å². The van der Waals surface area contributed by atoms with Gasteiger partial charge in [0.15, 0.2) is 18.1 Å². The maximum absolute atomic E-state index is 11.9. The highest BCUT2D eigenvalue weighted by Gasteiger charge is 2.18. The molecule has 116 valence electrons. The molecule has 2 rings (SSSR count). The van der Waals surface area contributed by atoms with Gasteiger partial charge in [-0.2, -0.15) is 0 Å². The van der Waals surface area contributed by atoms with Crippen LogP contribution in [0, 0.1) is 0 Å². The Morgan fingerprint density at radius 3 is 2.76 bits per heavy atom. The normalized spacial score (nSPS) is 15.0. The molecule has 5 nitrogen and oxygen atoms in total. The topological polar surface area (TPSA) is 73.6 Å². The Kier molecular flexibility index (Phi) is 5.70. The average molecular weight is 313 g/mol. The third kappa shape index (κ3) is 4.25. The molecule has 0 aromatic heterocycles. The number of ether oxygens (including phenoxy) is 2. The highest BCUT2D eigenvalue weighted by molar-refractivity contribution is 6.30. The maximum atomic E-state index is 11.9. The van der Waals surface area contributed by atoms with Crippen LogP contribution < -0.4 is 20.5 Å². The number of carbonyl (C=O) groups is 1. The van der Waals surface area contributed by atoms with Gasteiger partial charge in [-0.25, -0.2) is 0 Å². The molecule has 0 radical (unpaired) electrons. The van der Waals surface area contributed by atoms with Gasteiger partial charge < -0.3 is 20.5 Å². The van der Waals surface area contributed by atoms with E-state index in [-0.39, 0.29) is 25.1 Å². The second-order valence-corrected chi connectivity index (χ2v) is 5.57. The lowest BCUT2D eigenvalue weighted by Crippen LogP contribution is -2.36. The third-order valence-corrected chi connectivity index (χ3v) is 3.82. The SMILES string of the molecule is COc1cc(Cl)cc(CN)c1OCC(=O)NC1CCCC1. The summed E-state index contributed by atoms with van der Waals surface area (Å²) in [6.07, 6.45) is 4.44. The van der Waals surface area contributed by atoms with Crippen LogP contribution in [-0.2, 0) is 11.3 Å². The molecular formula is C15H21ClN2O3. The number of methoxy groups -OCH3 is 1. The van der Waals surface area contributed by atoms with Crippen molar-refractivity contribution in [1.29, 1.82) is 0 Å². The molecule has 0 atom stereocenters. The minimum atomic E-state index is -0.123. The van der Waals surface area contributed by atoms with Gasteiger partial charge in [0.1, 0.15) is 0 Å². The largest absolute Gasteiger partial charge is 0.493 e. The second-order valence-electron chi connectivity index (χ2n) is 5.14. The van der Waals surface area contributed by atoms with Crippen LogP contribution in [0.5, 0.6) is 11.5 Å². The number of nitrogens with two attached hydrogens (primary N) is 1. The van der Waals surface area contributed by atoms with Gasteiger partial charge in [-0.15, -0.1) is 0 Å². The van der Waals surface area contributed by atoms with Crippen molar-refractivity contribution in [2.24, 2.45) is 5.73 Å². The Labute approximate surface area is 129 Å². The second kappa shape index (κ2) is 7.52. The molecule has 0 spiro atoms. The van der Waals surface area contributed by atoms with Gasteiger partial charge in [0, 0.05) is 29.2 Å². The maximum Gasteiger partial charge on any atom is 0.258 e. The molecule has 1 fully saturated rings. The molecule has 3 N–H and O–H groups in total. The van der Waals surface area contributed by atoms with Crippen molar-refractivity contribution in [3.05, 3.63) is 22.7 Å². The molecule has 21 heavy (non-hydrogen) atoms. The van der Waals surface area contributed by atoms with E-state index in [1.54, 1.807) is 12.1 Å². The average Bonchev–Trinajstić information content (AvgIpc) is 2.97. The molecule has 1 saturated carbocycles. The molecule has 6 heteroatoms. The fourth-order valence-electron chi connectivity index (χ4n) is 2.57. The third-order valence-electron chi connectivity index (χ3n) is 3.60. The molecule has 1 aromatic rings. The van der Waals surface area contributed by atoms with Crippen molar-refractivity contribution in [2.45, 2.75) is 38.3 Å². The first kappa shape index (κ1) is 15.9. The Balaban J connectivity index is 1.99. The first-order valence-corrected chi connectivity index (χ1v) is 7.50. The highest BCUT2D eigenvalue weighted by Crippen LogP contribution is 2.34. The number of carbonyl (C=O) groups excluding carboxylic acids is 1. The van der Waals surface area contributed by atoms with Gasteiger partial charge in [-0.3, -0.25) is 4.79 Å². The van der Waals surface area contributed by atoms with Crippen LogP contribution in [0.4, 0.5) is 0 Å². The zero-order valence-corrected chi connectivity index (χ0v) is 12.9. The lowest BCUT2D eigenvalue weighted by Gasteiger charge is -2.16. The zero-order chi connectivity index (χ0) is 15.2. The van der Waals surface area contributed by atoms with Gasteiger partial charge in [0.25, 0.3) is 5.91 Å². The molecule has 0 aliphatic heterocycles. The fourth-order valence-corrected chi connectivity index (χ4v) is 2.80. The molecule has 1 aromatic carbocycles. The predicted octanol–water partition coefficient (Wildman–Crippen LogP) is 2.24. The van der Waals surface area contributed by atoms with Gasteiger partial charge in [-0.1, -0.05) is 24.4 Å². The molecule has 0 heterocycles. The van der Waals surface area contributed by atoms with Crippen LogP contribution in [0.15, 0.2) is 12.1 Å². The number of amides is 1. The quantitative estimate of drug-likeness (QED) is 0.845. The lowest BCUT2D eigenvalue weighted by atomic mass is 10.2. The summed E-state index contributed by atoms with van der Waals surface area (Å²) in [5.41, 5.74) is 6.40. The van der Waals surface area contributed by atoms with Gasteiger partial charge >= 0.3 is 0 Å². The van der Waals surface area contributed by atoms with E-state index in [9.17, 15) is 4.79 Å². The smallest absolute Gasteiger partial charge is 0.258 e. The van der Waals surface area contributed by atoms with Crippen LogP contribution in [0.1, 0.15) is 31.2 Å².